The maximum atomic E-state index is 12.9. The summed E-state index contributed by atoms with van der Waals surface area (Å²) >= 11 is 1.49. The Balaban J connectivity index is -0.000000106. The molecule has 0 N–H and O–H groups in total. The maximum absolute atomic E-state index is 12.9. The Morgan fingerprint density at radius 3 is 1.78 bits per heavy atom. The first-order valence-corrected chi connectivity index (χ1v) is 6.43. The van der Waals surface area contributed by atoms with Gasteiger partial charge in [0.2, 0.25) is 0 Å². The second-order valence-corrected chi connectivity index (χ2v) is 4.54. The monoisotopic (exact) mass is 445 g/mol. The van der Waals surface area contributed by atoms with E-state index < -0.39 is 6.17 Å². The summed E-state index contributed by atoms with van der Waals surface area (Å²) in [6.45, 7) is 0. The van der Waals surface area contributed by atoms with E-state index in [9.17, 15) is 4.39 Å². The molecular formula is C12H28FHfN3S. The fourth-order valence-corrected chi connectivity index (χ4v) is 2.07. The minimum atomic E-state index is -0.547. The van der Waals surface area contributed by atoms with Crippen molar-refractivity contribution in [2.45, 2.75) is 25.4 Å². The van der Waals surface area contributed by atoms with Gasteiger partial charge in [0, 0.05) is 0 Å². The average Bonchev–Trinajstić information content (AvgIpc) is 2.63. The minimum absolute atomic E-state index is 0. The molecule has 0 heterocycles. The van der Waals surface area contributed by atoms with Crippen molar-refractivity contribution in [2.75, 3.05) is 41.0 Å². The quantitative estimate of drug-likeness (QED) is 0.360. The number of hydrogen-bond donors (Lipinski definition) is 0. The van der Waals surface area contributed by atoms with Crippen LogP contribution in [0.2, 0.25) is 0 Å². The first-order chi connectivity index (χ1) is 7.67. The van der Waals surface area contributed by atoms with E-state index in [1.807, 2.05) is 0 Å². The molecule has 0 amide bonds. The second kappa shape index (κ2) is 23.1. The third-order valence-electron chi connectivity index (χ3n) is 1.98. The van der Waals surface area contributed by atoms with Gasteiger partial charge in [-0.2, -0.15) is 35.2 Å². The standard InChI is InChI=1S/C7H13FNS.2C2H6N.CH3.Hf/c1-9-10-5-6-3-2-4-7(6)8;2*1-3-2;;/h6-7H,2-5H2,1H3;2*1-2H3;1H3;/q4*-1;+4. The van der Waals surface area contributed by atoms with Gasteiger partial charge in [0.05, 0.1) is 0 Å². The van der Waals surface area contributed by atoms with Crippen molar-refractivity contribution >= 4 is 11.9 Å². The Morgan fingerprint density at radius 1 is 1.06 bits per heavy atom. The molecule has 0 aromatic heterocycles. The molecule has 1 aliphatic carbocycles. The maximum Gasteiger partial charge on any atom is 4.00 e. The molecule has 0 bridgehead atoms. The molecule has 0 aliphatic heterocycles. The normalized spacial score (nSPS) is 20.3. The van der Waals surface area contributed by atoms with Gasteiger partial charge in [0.25, 0.3) is 0 Å². The van der Waals surface area contributed by atoms with Crippen LogP contribution in [-0.4, -0.2) is 47.2 Å². The second-order valence-electron chi connectivity index (χ2n) is 3.58. The molecule has 0 saturated heterocycles. The molecule has 1 aliphatic rings. The topological polar surface area (TPSA) is 42.3 Å². The minimum Gasteiger partial charge on any atom is -0.668 e. The summed E-state index contributed by atoms with van der Waals surface area (Å²) < 4.78 is 16.7. The van der Waals surface area contributed by atoms with Crippen molar-refractivity contribution in [3.8, 4) is 0 Å². The van der Waals surface area contributed by atoms with Gasteiger partial charge in [0.15, 0.2) is 0 Å². The Kier molecular flexibility index (Phi) is 35.2. The molecular weight excluding hydrogens is 416 g/mol. The van der Waals surface area contributed by atoms with E-state index in [2.05, 4.69) is 15.4 Å². The predicted molar refractivity (Wildman–Crippen MR) is 80.8 cm³/mol. The fourth-order valence-electron chi connectivity index (χ4n) is 1.35. The summed E-state index contributed by atoms with van der Waals surface area (Å²) in [6, 6.07) is 0. The van der Waals surface area contributed by atoms with Crippen LogP contribution in [0.1, 0.15) is 19.3 Å². The molecule has 3 nitrogen and oxygen atoms in total. The zero-order valence-electron chi connectivity index (χ0n) is 12.6. The van der Waals surface area contributed by atoms with E-state index in [0.717, 1.165) is 25.0 Å². The zero-order valence-corrected chi connectivity index (χ0v) is 17.0. The van der Waals surface area contributed by atoms with E-state index in [1.54, 1.807) is 35.2 Å². The average molecular weight is 444 g/mol. The summed E-state index contributed by atoms with van der Waals surface area (Å²) in [7, 11) is 8.76. The molecule has 1 saturated carbocycles. The summed E-state index contributed by atoms with van der Waals surface area (Å²) in [5.74, 6) is 1.16. The third-order valence-corrected chi connectivity index (χ3v) is 2.82. The van der Waals surface area contributed by atoms with Crippen LogP contribution in [0, 0.1) is 13.3 Å². The van der Waals surface area contributed by atoms with Gasteiger partial charge < -0.3 is 22.8 Å². The van der Waals surface area contributed by atoms with Crippen molar-refractivity contribution in [2.24, 2.45) is 5.92 Å². The van der Waals surface area contributed by atoms with Crippen LogP contribution in [0.5, 0.6) is 0 Å². The zero-order chi connectivity index (χ0) is 12.8. The van der Waals surface area contributed by atoms with Gasteiger partial charge in [-0.1, -0.05) is 6.42 Å². The van der Waals surface area contributed by atoms with Crippen LogP contribution >= 0.6 is 11.9 Å². The van der Waals surface area contributed by atoms with Crippen molar-refractivity contribution in [3.63, 3.8) is 0 Å². The van der Waals surface area contributed by atoms with Crippen LogP contribution < -0.4 is 0 Å². The van der Waals surface area contributed by atoms with Crippen LogP contribution in [-0.2, 0) is 25.8 Å². The van der Waals surface area contributed by atoms with Crippen molar-refractivity contribution in [3.05, 3.63) is 22.8 Å². The number of alkyl halides is 1. The molecule has 6 heteroatoms. The van der Waals surface area contributed by atoms with Gasteiger partial charge in [-0.05, 0) is 24.5 Å². The van der Waals surface area contributed by atoms with E-state index in [4.69, 9.17) is 0 Å². The first-order valence-electron chi connectivity index (χ1n) is 5.48. The molecule has 0 radical (unpaired) electrons. The molecule has 1 fully saturated rings. The van der Waals surface area contributed by atoms with Gasteiger partial charge in [-0.3, -0.25) is 11.9 Å². The Bertz CT molecular complexity index is 132. The summed E-state index contributed by atoms with van der Waals surface area (Å²) in [5, 5.41) is 7.00. The summed E-state index contributed by atoms with van der Waals surface area (Å²) in [6.07, 6.45) is 2.35. The molecule has 2 atom stereocenters. The van der Waals surface area contributed by atoms with E-state index >= 15 is 0 Å². The first kappa shape index (κ1) is 27.4. The predicted octanol–water partition coefficient (Wildman–Crippen LogP) is 4.46. The van der Waals surface area contributed by atoms with E-state index in [-0.39, 0.29) is 39.2 Å². The third kappa shape index (κ3) is 19.4. The fraction of sp³-hybridized carbons (Fsp3) is 0.917. The number of hydrogen-bond acceptors (Lipinski definition) is 1. The smallest absolute Gasteiger partial charge is 0.668 e. The van der Waals surface area contributed by atoms with Crippen LogP contribution in [0.25, 0.3) is 15.4 Å². The van der Waals surface area contributed by atoms with Gasteiger partial charge in [0.1, 0.15) is 6.17 Å². The van der Waals surface area contributed by atoms with Gasteiger partial charge in [-0.25, -0.2) is 4.39 Å². The van der Waals surface area contributed by atoms with Crippen LogP contribution in [0.4, 0.5) is 4.39 Å². The summed E-state index contributed by atoms with van der Waals surface area (Å²) in [4.78, 5) is 0. The Labute approximate surface area is 137 Å². The van der Waals surface area contributed by atoms with Crippen LogP contribution in [0.3, 0.4) is 0 Å². The molecule has 0 aromatic carbocycles. The number of nitrogens with zero attached hydrogens (tertiary/aromatic N) is 3. The number of rotatable bonds is 3. The molecule has 0 aromatic rings. The van der Waals surface area contributed by atoms with Crippen molar-refractivity contribution in [1.82, 2.24) is 0 Å². The van der Waals surface area contributed by atoms with Gasteiger partial charge >= 0.3 is 25.8 Å². The molecule has 2 unspecified atom stereocenters. The van der Waals surface area contributed by atoms with Crippen molar-refractivity contribution < 1.29 is 30.2 Å². The SMILES string of the molecule is C[N-]C.C[N-]C.C[N-]SCC1CCCC1F.[CH3-].[Hf+4]. The molecule has 0 spiro atoms. The van der Waals surface area contributed by atoms with Gasteiger partial charge in [-0.15, -0.1) is 0 Å². The molecule has 18 heavy (non-hydrogen) atoms. The van der Waals surface area contributed by atoms with Crippen molar-refractivity contribution in [1.29, 1.82) is 0 Å². The molecule has 1 rings (SSSR count). The largest absolute Gasteiger partial charge is 4.00 e. The number of halogens is 1. The molecule has 108 valence electrons. The Morgan fingerprint density at radius 2 is 1.50 bits per heavy atom. The van der Waals surface area contributed by atoms with E-state index in [1.165, 1.54) is 11.9 Å². The Hall–Kier alpha value is 1.03. The summed E-state index contributed by atoms with van der Waals surface area (Å²) in [5.41, 5.74) is 0. The van der Waals surface area contributed by atoms with E-state index in [0.29, 0.717) is 0 Å². The van der Waals surface area contributed by atoms with Crippen LogP contribution in [0.15, 0.2) is 0 Å².